The molecule has 1 N–H and O–H groups in total. The summed E-state index contributed by atoms with van der Waals surface area (Å²) in [6.07, 6.45) is -6.11. The molecule has 0 aromatic rings. The minimum Gasteiger partial charge on any atom is -0.481 e. The van der Waals surface area contributed by atoms with Crippen LogP contribution in [0.25, 0.3) is 0 Å². The Hall–Kier alpha value is -0.150. The van der Waals surface area contributed by atoms with Crippen LogP contribution in [-0.4, -0.2) is 27.1 Å². The highest BCUT2D eigenvalue weighted by Crippen LogP contribution is 2.40. The maximum absolute atomic E-state index is 12.6. The number of rotatable bonds is 7. The van der Waals surface area contributed by atoms with Crippen LogP contribution in [0.15, 0.2) is 0 Å². The van der Waals surface area contributed by atoms with E-state index in [-0.39, 0.29) is 19.3 Å². The lowest BCUT2D eigenvalue weighted by molar-refractivity contribution is -0.283. The van der Waals surface area contributed by atoms with Crippen molar-refractivity contribution in [3.05, 3.63) is 0 Å². The Morgan fingerprint density at radius 1 is 1.18 bits per heavy atom. The van der Waals surface area contributed by atoms with Crippen LogP contribution in [0.5, 0.6) is 0 Å². The summed E-state index contributed by atoms with van der Waals surface area (Å²) in [5.74, 6) is -5.68. The van der Waals surface area contributed by atoms with Crippen molar-refractivity contribution in [3.63, 3.8) is 0 Å². The van der Waals surface area contributed by atoms with Crippen LogP contribution >= 0.6 is 22.6 Å². The number of hydrogen-bond donors (Lipinski definition) is 1. The summed E-state index contributed by atoms with van der Waals surface area (Å²) in [7, 11) is 0. The van der Waals surface area contributed by atoms with Crippen molar-refractivity contribution in [1.82, 2.24) is 0 Å². The molecule has 2 nitrogen and oxygen atoms in total. The molecule has 17 heavy (non-hydrogen) atoms. The maximum Gasteiger partial charge on any atom is 0.453 e. The van der Waals surface area contributed by atoms with Crippen molar-refractivity contribution >= 4 is 28.6 Å². The van der Waals surface area contributed by atoms with E-state index in [4.69, 9.17) is 5.11 Å². The monoisotopic (exact) mass is 374 g/mol. The molecule has 102 valence electrons. The van der Waals surface area contributed by atoms with Crippen LogP contribution in [0.3, 0.4) is 0 Å². The summed E-state index contributed by atoms with van der Waals surface area (Å²) in [6.45, 7) is 0. The summed E-state index contributed by atoms with van der Waals surface area (Å²) in [6, 6.07) is 0. The van der Waals surface area contributed by atoms with E-state index in [1.165, 1.54) is 22.6 Å². The molecule has 0 aromatic heterocycles. The van der Waals surface area contributed by atoms with Crippen molar-refractivity contribution < 1.29 is 31.9 Å². The molecule has 0 radical (unpaired) electrons. The van der Waals surface area contributed by atoms with E-state index in [2.05, 4.69) is 0 Å². The lowest BCUT2D eigenvalue weighted by Gasteiger charge is -2.22. The molecule has 8 heteroatoms. The van der Waals surface area contributed by atoms with Gasteiger partial charge in [0.15, 0.2) is 0 Å². The van der Waals surface area contributed by atoms with Gasteiger partial charge in [0, 0.05) is 16.8 Å². The Kier molecular flexibility index (Phi) is 6.64. The first-order valence-corrected chi connectivity index (χ1v) is 6.11. The van der Waals surface area contributed by atoms with Gasteiger partial charge in [-0.05, 0) is 12.8 Å². The van der Waals surface area contributed by atoms with Crippen molar-refractivity contribution in [1.29, 1.82) is 0 Å². The van der Waals surface area contributed by atoms with E-state index in [1.807, 2.05) is 0 Å². The SMILES string of the molecule is O=C(O)CCCCC(I)CC(F)(F)C(F)(F)F. The van der Waals surface area contributed by atoms with Gasteiger partial charge in [-0.15, -0.1) is 0 Å². The third-order valence-corrected chi connectivity index (χ3v) is 3.11. The number of carboxylic acid groups (broad SMARTS) is 1. The fourth-order valence-corrected chi connectivity index (χ4v) is 2.13. The molecule has 0 saturated heterocycles. The number of hydrogen-bond acceptors (Lipinski definition) is 1. The zero-order chi connectivity index (χ0) is 13.7. The smallest absolute Gasteiger partial charge is 0.453 e. The van der Waals surface area contributed by atoms with E-state index in [0.717, 1.165) is 0 Å². The minimum absolute atomic E-state index is 0.0982. The summed E-state index contributed by atoms with van der Waals surface area (Å²) in [5.41, 5.74) is 0. The summed E-state index contributed by atoms with van der Waals surface area (Å²) in [4.78, 5) is 10.1. The average Bonchev–Trinajstić information content (AvgIpc) is 2.09. The second-order valence-corrected chi connectivity index (χ2v) is 5.40. The van der Waals surface area contributed by atoms with E-state index < -0.39 is 28.4 Å². The van der Waals surface area contributed by atoms with Gasteiger partial charge < -0.3 is 5.11 Å². The van der Waals surface area contributed by atoms with Crippen LogP contribution in [0.1, 0.15) is 32.1 Å². The number of aliphatic carboxylic acids is 1. The first kappa shape index (κ1) is 16.9. The molecule has 1 unspecified atom stereocenters. The van der Waals surface area contributed by atoms with Gasteiger partial charge in [-0.3, -0.25) is 4.79 Å². The number of carbonyl (C=O) groups is 1. The predicted molar refractivity (Wildman–Crippen MR) is 59.5 cm³/mol. The lowest BCUT2D eigenvalue weighted by atomic mass is 10.1. The van der Waals surface area contributed by atoms with Gasteiger partial charge in [-0.1, -0.05) is 29.0 Å². The molecule has 0 aliphatic heterocycles. The molecule has 0 spiro atoms. The van der Waals surface area contributed by atoms with Gasteiger partial charge in [0.25, 0.3) is 0 Å². The van der Waals surface area contributed by atoms with Gasteiger partial charge in [0.1, 0.15) is 0 Å². The van der Waals surface area contributed by atoms with Crippen LogP contribution < -0.4 is 0 Å². The number of halogens is 6. The van der Waals surface area contributed by atoms with Crippen molar-refractivity contribution in [2.75, 3.05) is 0 Å². The Morgan fingerprint density at radius 3 is 2.12 bits per heavy atom. The fraction of sp³-hybridized carbons (Fsp3) is 0.889. The van der Waals surface area contributed by atoms with Crippen molar-refractivity contribution in [3.8, 4) is 0 Å². The topological polar surface area (TPSA) is 37.3 Å². The zero-order valence-electron chi connectivity index (χ0n) is 8.74. The number of carboxylic acids is 1. The van der Waals surface area contributed by atoms with Crippen LogP contribution in [0, 0.1) is 0 Å². The zero-order valence-corrected chi connectivity index (χ0v) is 10.9. The molecule has 0 heterocycles. The van der Waals surface area contributed by atoms with Gasteiger partial charge >= 0.3 is 18.1 Å². The van der Waals surface area contributed by atoms with Crippen LogP contribution in [0.2, 0.25) is 0 Å². The molecule has 0 amide bonds. The molecule has 0 fully saturated rings. The summed E-state index contributed by atoms with van der Waals surface area (Å²) < 4.78 is 59.9. The van der Waals surface area contributed by atoms with Crippen molar-refractivity contribution in [2.24, 2.45) is 0 Å². The highest BCUT2D eigenvalue weighted by molar-refractivity contribution is 14.1. The highest BCUT2D eigenvalue weighted by Gasteiger charge is 2.57. The quantitative estimate of drug-likeness (QED) is 0.316. The Labute approximate surface area is 109 Å². The second kappa shape index (κ2) is 6.69. The molecule has 1 atom stereocenters. The molecule has 0 rings (SSSR count). The Bertz CT molecular complexity index is 254. The highest BCUT2D eigenvalue weighted by atomic mass is 127. The third-order valence-electron chi connectivity index (χ3n) is 2.05. The molecular weight excluding hydrogens is 362 g/mol. The summed E-state index contributed by atoms with van der Waals surface area (Å²) >= 11 is 1.54. The number of alkyl halides is 6. The molecule has 0 aliphatic carbocycles. The second-order valence-electron chi connectivity index (χ2n) is 3.64. The average molecular weight is 374 g/mol. The van der Waals surface area contributed by atoms with Gasteiger partial charge in [0.2, 0.25) is 0 Å². The number of unbranched alkanes of at least 4 members (excludes halogenated alkanes) is 1. The molecule has 0 saturated carbocycles. The Morgan fingerprint density at radius 2 is 1.71 bits per heavy atom. The molecule has 0 aliphatic rings. The molecular formula is C9H12F5IO2. The normalized spacial score (nSPS) is 14.7. The van der Waals surface area contributed by atoms with Crippen LogP contribution in [0.4, 0.5) is 22.0 Å². The van der Waals surface area contributed by atoms with Gasteiger partial charge in [-0.2, -0.15) is 22.0 Å². The van der Waals surface area contributed by atoms with Crippen molar-refractivity contribution in [2.45, 2.75) is 48.1 Å². The fourth-order valence-electron chi connectivity index (χ4n) is 1.14. The third kappa shape index (κ3) is 6.99. The Balaban J connectivity index is 3.94. The van der Waals surface area contributed by atoms with Gasteiger partial charge in [0.05, 0.1) is 0 Å². The van der Waals surface area contributed by atoms with Gasteiger partial charge in [-0.25, -0.2) is 0 Å². The van der Waals surface area contributed by atoms with E-state index in [0.29, 0.717) is 6.42 Å². The van der Waals surface area contributed by atoms with E-state index >= 15 is 0 Å². The molecule has 0 bridgehead atoms. The van der Waals surface area contributed by atoms with Crippen LogP contribution in [-0.2, 0) is 4.79 Å². The first-order chi connectivity index (χ1) is 7.56. The maximum atomic E-state index is 12.6. The first-order valence-electron chi connectivity index (χ1n) is 4.86. The lowest BCUT2D eigenvalue weighted by Crippen LogP contribution is -2.38. The molecule has 0 aromatic carbocycles. The standard InChI is InChI=1S/C9H12F5IO2/c10-8(11,9(12,13)14)5-6(15)3-1-2-4-7(16)17/h6H,1-5H2,(H,16,17). The summed E-state index contributed by atoms with van der Waals surface area (Å²) in [5, 5.41) is 8.30. The minimum atomic E-state index is -5.52. The largest absolute Gasteiger partial charge is 0.481 e. The van der Waals surface area contributed by atoms with E-state index in [1.54, 1.807) is 0 Å². The van der Waals surface area contributed by atoms with E-state index in [9.17, 15) is 26.7 Å². The predicted octanol–water partition coefficient (Wildman–Crippen LogP) is 4.02.